The summed E-state index contributed by atoms with van der Waals surface area (Å²) in [5.74, 6) is 1.73. The molecule has 2 amide bonds. The average Bonchev–Trinajstić information content (AvgIpc) is 3.11. The molecule has 2 heterocycles. The quantitative estimate of drug-likeness (QED) is 0.171. The van der Waals surface area contributed by atoms with E-state index in [0.29, 0.717) is 46.1 Å². The fourth-order valence-corrected chi connectivity index (χ4v) is 6.71. The van der Waals surface area contributed by atoms with Crippen LogP contribution in [0.1, 0.15) is 75.1 Å². The van der Waals surface area contributed by atoms with Crippen molar-refractivity contribution in [2.45, 2.75) is 84.2 Å². The summed E-state index contributed by atoms with van der Waals surface area (Å²) in [6.07, 6.45) is 3.13. The van der Waals surface area contributed by atoms with Gasteiger partial charge in [0.25, 0.3) is 0 Å². The minimum absolute atomic E-state index is 0.0128. The molecule has 0 unspecified atom stereocenters. The van der Waals surface area contributed by atoms with Gasteiger partial charge in [-0.1, -0.05) is 42.5 Å². The highest BCUT2D eigenvalue weighted by Crippen LogP contribution is 2.34. The number of likely N-dealkylation sites (tertiary alicyclic amines) is 1. The molecule has 10 nitrogen and oxygen atoms in total. The van der Waals surface area contributed by atoms with Gasteiger partial charge in [0, 0.05) is 56.7 Å². The number of amides is 2. The number of benzene rings is 3. The number of methoxy groups -OCH3 is 1. The normalized spacial score (nSPS) is 17.4. The van der Waals surface area contributed by atoms with E-state index >= 15 is 0 Å². The average molecular weight is 702 g/mol. The van der Waals surface area contributed by atoms with Crippen molar-refractivity contribution in [2.75, 3.05) is 57.9 Å². The topological polar surface area (TPSA) is 98.8 Å². The number of aryl methyl sites for hydroxylation is 1. The summed E-state index contributed by atoms with van der Waals surface area (Å²) in [5.41, 5.74) is 5.23. The third-order valence-corrected chi connectivity index (χ3v) is 9.26. The summed E-state index contributed by atoms with van der Waals surface area (Å²) in [6, 6.07) is 22.7. The van der Waals surface area contributed by atoms with Crippen LogP contribution in [-0.4, -0.2) is 81.7 Å². The predicted octanol–water partition coefficient (Wildman–Crippen LogP) is 6.88. The Balaban J connectivity index is 1.19. The number of carbonyl (C=O) groups is 2. The van der Waals surface area contributed by atoms with Gasteiger partial charge in [-0.15, -0.1) is 0 Å². The van der Waals surface area contributed by atoms with Crippen LogP contribution in [0, 0.1) is 0 Å². The molecule has 0 spiro atoms. The van der Waals surface area contributed by atoms with Gasteiger partial charge in [0.15, 0.2) is 0 Å². The lowest BCUT2D eigenvalue weighted by Crippen LogP contribution is -2.48. The first kappa shape index (κ1) is 38.0. The minimum Gasteiger partial charge on any atom is -0.496 e. The van der Waals surface area contributed by atoms with Crippen molar-refractivity contribution in [3.05, 3.63) is 89.0 Å². The predicted molar refractivity (Wildman–Crippen MR) is 199 cm³/mol. The Morgan fingerprint density at radius 2 is 1.76 bits per heavy atom. The third-order valence-electron chi connectivity index (χ3n) is 9.26. The molecule has 1 saturated heterocycles. The van der Waals surface area contributed by atoms with Crippen LogP contribution in [0.4, 0.5) is 10.5 Å². The van der Waals surface area contributed by atoms with Gasteiger partial charge in [-0.3, -0.25) is 4.79 Å². The van der Waals surface area contributed by atoms with Crippen LogP contribution in [0.2, 0.25) is 0 Å². The molecule has 2 aliphatic rings. The van der Waals surface area contributed by atoms with Crippen molar-refractivity contribution >= 4 is 17.7 Å². The van der Waals surface area contributed by atoms with Gasteiger partial charge in [0.2, 0.25) is 5.91 Å². The SMILES string of the molecule is COc1ccccc1COCCCOc1ccc([C@H]2CCN(C(=O)OC(C)(C)C)C[C@@H]2OCc2ccc3c(c2)N(CCNC(C)=O)CCC3)cc1. The first-order chi connectivity index (χ1) is 24.6. The molecule has 0 aliphatic carbocycles. The maximum Gasteiger partial charge on any atom is 0.410 e. The first-order valence-electron chi connectivity index (χ1n) is 18.2. The summed E-state index contributed by atoms with van der Waals surface area (Å²) >= 11 is 0. The molecule has 0 radical (unpaired) electrons. The van der Waals surface area contributed by atoms with Gasteiger partial charge in [0.1, 0.15) is 17.1 Å². The second-order valence-corrected chi connectivity index (χ2v) is 14.3. The summed E-state index contributed by atoms with van der Waals surface area (Å²) in [6.45, 7) is 12.7. The molecule has 3 aromatic rings. The fourth-order valence-electron chi connectivity index (χ4n) is 6.71. The van der Waals surface area contributed by atoms with Crippen molar-refractivity contribution in [1.29, 1.82) is 0 Å². The maximum absolute atomic E-state index is 13.1. The molecule has 0 bridgehead atoms. The van der Waals surface area contributed by atoms with Crippen molar-refractivity contribution in [3.8, 4) is 11.5 Å². The van der Waals surface area contributed by atoms with E-state index < -0.39 is 5.60 Å². The van der Waals surface area contributed by atoms with Crippen LogP contribution in [0.25, 0.3) is 0 Å². The number of rotatable bonds is 15. The van der Waals surface area contributed by atoms with Gasteiger partial charge in [-0.25, -0.2) is 4.79 Å². The number of anilines is 1. The molecule has 1 N–H and O–H groups in total. The smallest absolute Gasteiger partial charge is 0.410 e. The molecule has 51 heavy (non-hydrogen) atoms. The van der Waals surface area contributed by atoms with Crippen molar-refractivity contribution in [2.24, 2.45) is 0 Å². The Morgan fingerprint density at radius 1 is 0.961 bits per heavy atom. The Bertz CT molecular complexity index is 1570. The molecule has 10 heteroatoms. The van der Waals surface area contributed by atoms with E-state index in [-0.39, 0.29) is 24.0 Å². The minimum atomic E-state index is -0.573. The number of para-hydroxylation sites is 1. The van der Waals surface area contributed by atoms with Gasteiger partial charge >= 0.3 is 6.09 Å². The highest BCUT2D eigenvalue weighted by molar-refractivity contribution is 5.72. The molecule has 276 valence electrons. The summed E-state index contributed by atoms with van der Waals surface area (Å²) in [7, 11) is 1.67. The lowest BCUT2D eigenvalue weighted by atomic mass is 9.87. The van der Waals surface area contributed by atoms with Crippen molar-refractivity contribution in [3.63, 3.8) is 0 Å². The zero-order valence-electron chi connectivity index (χ0n) is 31.0. The van der Waals surface area contributed by atoms with Crippen LogP contribution in [0.15, 0.2) is 66.7 Å². The lowest BCUT2D eigenvalue weighted by molar-refractivity contribution is -0.118. The summed E-state index contributed by atoms with van der Waals surface area (Å²) < 4.78 is 29.7. The molecule has 0 aromatic heterocycles. The number of hydrogen-bond donors (Lipinski definition) is 1. The van der Waals surface area contributed by atoms with Crippen molar-refractivity contribution in [1.82, 2.24) is 10.2 Å². The number of piperidine rings is 1. The second kappa shape index (κ2) is 18.3. The Morgan fingerprint density at radius 3 is 2.53 bits per heavy atom. The number of fused-ring (bicyclic) bond motifs is 1. The summed E-state index contributed by atoms with van der Waals surface area (Å²) in [5, 5.41) is 2.92. The van der Waals surface area contributed by atoms with E-state index in [1.54, 1.807) is 18.9 Å². The van der Waals surface area contributed by atoms with E-state index in [4.69, 9.17) is 23.7 Å². The van der Waals surface area contributed by atoms with Gasteiger partial charge in [0.05, 0.1) is 46.2 Å². The zero-order chi connectivity index (χ0) is 36.2. The zero-order valence-corrected chi connectivity index (χ0v) is 31.0. The van der Waals surface area contributed by atoms with E-state index in [1.807, 2.05) is 57.2 Å². The van der Waals surface area contributed by atoms with Gasteiger partial charge < -0.3 is 38.8 Å². The molecular formula is C41H55N3O7. The number of ether oxygens (including phenoxy) is 5. The van der Waals surface area contributed by atoms with E-state index in [2.05, 4.69) is 40.5 Å². The molecule has 2 atom stereocenters. The number of nitrogens with zero attached hydrogens (tertiary/aromatic N) is 2. The Hall–Kier alpha value is -4.28. The van der Waals surface area contributed by atoms with Crippen molar-refractivity contribution < 1.29 is 33.3 Å². The second-order valence-electron chi connectivity index (χ2n) is 14.3. The molecule has 2 aliphatic heterocycles. The van der Waals surface area contributed by atoms with Crippen LogP contribution < -0.4 is 19.7 Å². The van der Waals surface area contributed by atoms with E-state index in [1.165, 1.54) is 11.3 Å². The highest BCUT2D eigenvalue weighted by Gasteiger charge is 2.35. The largest absolute Gasteiger partial charge is 0.496 e. The van der Waals surface area contributed by atoms with E-state index in [9.17, 15) is 9.59 Å². The molecule has 1 fully saturated rings. The van der Waals surface area contributed by atoms with Crippen LogP contribution in [0.3, 0.4) is 0 Å². The molecular weight excluding hydrogens is 646 g/mol. The highest BCUT2D eigenvalue weighted by atomic mass is 16.6. The Kier molecular flexibility index (Phi) is 13.6. The monoisotopic (exact) mass is 701 g/mol. The van der Waals surface area contributed by atoms with Crippen LogP contribution >= 0.6 is 0 Å². The summed E-state index contributed by atoms with van der Waals surface area (Å²) in [4.78, 5) is 28.7. The first-order valence-corrected chi connectivity index (χ1v) is 18.2. The Labute approximate surface area is 303 Å². The number of nitrogens with one attached hydrogen (secondary N) is 1. The number of hydrogen-bond acceptors (Lipinski definition) is 8. The van der Waals surface area contributed by atoms with E-state index in [0.717, 1.165) is 67.0 Å². The number of carbonyl (C=O) groups excluding carboxylic acids is 2. The van der Waals surface area contributed by atoms with Crippen LogP contribution in [0.5, 0.6) is 11.5 Å². The van der Waals surface area contributed by atoms with Gasteiger partial charge in [-0.05, 0) is 81.0 Å². The third kappa shape index (κ3) is 11.4. The van der Waals surface area contributed by atoms with Crippen LogP contribution in [-0.2, 0) is 38.6 Å². The molecule has 3 aromatic carbocycles. The maximum atomic E-state index is 13.1. The molecule has 0 saturated carbocycles. The standard InChI is InChI=1S/C41H55N3O7/c1-30(45)42-20-23-43-21-8-11-33-14-13-31(26-37(33)43)28-50-39-27-44(40(46)51-41(2,3)4)22-19-36(39)32-15-17-35(18-16-32)49-25-9-24-48-29-34-10-6-7-12-38(34)47-5/h6-7,10,12-18,26,36,39H,8-9,11,19-25,27-29H2,1-5H3,(H,42,45)/t36-,39+/m1/s1. The van der Waals surface area contributed by atoms with Gasteiger partial charge in [-0.2, -0.15) is 0 Å². The lowest BCUT2D eigenvalue weighted by Gasteiger charge is -2.39. The fraction of sp³-hybridized carbons (Fsp3) is 0.512. The molecule has 5 rings (SSSR count).